The van der Waals surface area contributed by atoms with E-state index in [9.17, 15) is 14.3 Å². The summed E-state index contributed by atoms with van der Waals surface area (Å²) >= 11 is 6.08. The number of hydrogen-bond donors (Lipinski definition) is 2. The van der Waals surface area contributed by atoms with Crippen LogP contribution in [0.5, 0.6) is 0 Å². The lowest BCUT2D eigenvalue weighted by atomic mass is 9.84. The Morgan fingerprint density at radius 2 is 2.07 bits per heavy atom. The number of carbonyl (C=O) groups is 1. The van der Waals surface area contributed by atoms with E-state index in [1.165, 1.54) is 12.4 Å². The number of nitrogens with zero attached hydrogens (tertiary/aromatic N) is 4. The Bertz CT molecular complexity index is 1250. The number of aliphatic carboxylic acids is 1. The molecule has 4 heterocycles. The molecule has 0 bridgehead atoms. The lowest BCUT2D eigenvalue weighted by Gasteiger charge is -2.30. The Morgan fingerprint density at radius 1 is 1.24 bits per heavy atom. The third-order valence-electron chi connectivity index (χ3n) is 5.67. The van der Waals surface area contributed by atoms with Gasteiger partial charge in [-0.25, -0.2) is 19.3 Å². The van der Waals surface area contributed by atoms with Crippen LogP contribution in [0, 0.1) is 11.7 Å². The molecule has 0 aliphatic heterocycles. The van der Waals surface area contributed by atoms with E-state index in [1.54, 1.807) is 23.0 Å². The summed E-state index contributed by atoms with van der Waals surface area (Å²) in [6.45, 7) is 0. The van der Waals surface area contributed by atoms with Gasteiger partial charge in [0.05, 0.1) is 16.3 Å². The molecular weight excluding hydrogens is 397 g/mol. The van der Waals surface area contributed by atoms with Gasteiger partial charge in [-0.05, 0) is 18.9 Å². The fraction of sp³-hybridized carbons (Fsp3) is 0.300. The normalized spacial score (nSPS) is 19.8. The Morgan fingerprint density at radius 3 is 2.90 bits per heavy atom. The standard InChI is InChI=1S/C20H17ClFN5O2/c21-10-5-12-13(7-24-17(12)23-6-10)18-25-8-14-15(22)9-27(19(14)26-18)16-4-2-1-3-11(16)20(28)29/h5-9,11,16H,1-4H2,(H,23,24)(H,28,29)/t11-,16-/m1/s1. The zero-order valence-corrected chi connectivity index (χ0v) is 16.0. The van der Waals surface area contributed by atoms with Crippen LogP contribution < -0.4 is 0 Å². The first kappa shape index (κ1) is 18.1. The maximum absolute atomic E-state index is 14.6. The SMILES string of the molecule is O=C(O)[C@@H]1CCCC[C@H]1n1cc(F)c2cnc(-c3c[nH]c4ncc(Cl)cc34)nc21. The van der Waals surface area contributed by atoms with E-state index in [0.29, 0.717) is 40.5 Å². The third-order valence-corrected chi connectivity index (χ3v) is 5.87. The number of aromatic amines is 1. The molecule has 148 valence electrons. The molecule has 1 saturated carbocycles. The van der Waals surface area contributed by atoms with E-state index in [1.807, 2.05) is 0 Å². The van der Waals surface area contributed by atoms with Gasteiger partial charge in [-0.15, -0.1) is 0 Å². The molecule has 1 aliphatic carbocycles. The van der Waals surface area contributed by atoms with Crippen molar-refractivity contribution >= 4 is 39.6 Å². The van der Waals surface area contributed by atoms with Crippen molar-refractivity contribution in [1.82, 2.24) is 24.5 Å². The van der Waals surface area contributed by atoms with E-state index in [0.717, 1.165) is 18.2 Å². The van der Waals surface area contributed by atoms with Gasteiger partial charge in [0.25, 0.3) is 0 Å². The molecule has 0 aromatic carbocycles. The van der Waals surface area contributed by atoms with Crippen molar-refractivity contribution in [2.45, 2.75) is 31.7 Å². The largest absolute Gasteiger partial charge is 0.481 e. The Labute approximate surface area is 169 Å². The van der Waals surface area contributed by atoms with Crippen LogP contribution in [0.2, 0.25) is 5.02 Å². The maximum atomic E-state index is 14.6. The zero-order chi connectivity index (χ0) is 20.1. The van der Waals surface area contributed by atoms with Crippen LogP contribution in [0.3, 0.4) is 0 Å². The van der Waals surface area contributed by atoms with Crippen LogP contribution in [-0.4, -0.2) is 35.6 Å². The van der Waals surface area contributed by atoms with Gasteiger partial charge >= 0.3 is 5.97 Å². The van der Waals surface area contributed by atoms with Gasteiger partial charge in [0.2, 0.25) is 0 Å². The number of carboxylic acids is 1. The molecule has 0 spiro atoms. The molecule has 4 aromatic rings. The fourth-order valence-corrected chi connectivity index (χ4v) is 4.43. The number of halogens is 2. The molecule has 4 aromatic heterocycles. The monoisotopic (exact) mass is 413 g/mol. The molecule has 2 N–H and O–H groups in total. The summed E-state index contributed by atoms with van der Waals surface area (Å²) in [5.74, 6) is -1.48. The van der Waals surface area contributed by atoms with Gasteiger partial charge in [0, 0.05) is 41.8 Å². The highest BCUT2D eigenvalue weighted by Crippen LogP contribution is 2.37. The summed E-state index contributed by atoms with van der Waals surface area (Å²) in [4.78, 5) is 28.0. The van der Waals surface area contributed by atoms with Gasteiger partial charge in [0.15, 0.2) is 11.6 Å². The topological polar surface area (TPSA) is 96.7 Å². The predicted octanol–water partition coefficient (Wildman–Crippen LogP) is 4.58. The van der Waals surface area contributed by atoms with E-state index >= 15 is 0 Å². The molecule has 0 radical (unpaired) electrons. The highest BCUT2D eigenvalue weighted by atomic mass is 35.5. The second kappa shape index (κ2) is 6.81. The highest BCUT2D eigenvalue weighted by molar-refractivity contribution is 6.31. The van der Waals surface area contributed by atoms with E-state index in [2.05, 4.69) is 19.9 Å². The van der Waals surface area contributed by atoms with Crippen molar-refractivity contribution in [3.05, 3.63) is 41.7 Å². The number of carboxylic acid groups (broad SMARTS) is 1. The Balaban J connectivity index is 1.67. The number of fused-ring (bicyclic) bond motifs is 2. The molecule has 1 aliphatic rings. The average Bonchev–Trinajstić information content (AvgIpc) is 3.28. The fourth-order valence-electron chi connectivity index (χ4n) is 4.27. The van der Waals surface area contributed by atoms with Crippen LogP contribution >= 0.6 is 11.6 Å². The molecule has 0 amide bonds. The maximum Gasteiger partial charge on any atom is 0.308 e. The van der Waals surface area contributed by atoms with Crippen molar-refractivity contribution in [2.75, 3.05) is 0 Å². The summed E-state index contributed by atoms with van der Waals surface area (Å²) in [7, 11) is 0. The van der Waals surface area contributed by atoms with Crippen molar-refractivity contribution in [2.24, 2.45) is 5.92 Å². The van der Waals surface area contributed by atoms with Gasteiger partial charge in [-0.3, -0.25) is 4.79 Å². The molecule has 0 saturated heterocycles. The van der Waals surface area contributed by atoms with Crippen LogP contribution in [0.4, 0.5) is 4.39 Å². The minimum Gasteiger partial charge on any atom is -0.481 e. The lowest BCUT2D eigenvalue weighted by Crippen LogP contribution is -2.29. The van der Waals surface area contributed by atoms with Crippen molar-refractivity contribution in [1.29, 1.82) is 0 Å². The number of H-pyrrole nitrogens is 1. The van der Waals surface area contributed by atoms with Gasteiger partial charge in [-0.2, -0.15) is 0 Å². The minimum atomic E-state index is -0.858. The number of pyridine rings is 1. The van der Waals surface area contributed by atoms with Gasteiger partial charge in [0.1, 0.15) is 11.3 Å². The first-order chi connectivity index (χ1) is 14.0. The minimum absolute atomic E-state index is 0.277. The van der Waals surface area contributed by atoms with Crippen LogP contribution in [0.15, 0.2) is 30.9 Å². The van der Waals surface area contributed by atoms with Crippen molar-refractivity contribution < 1.29 is 14.3 Å². The smallest absolute Gasteiger partial charge is 0.308 e. The number of nitrogens with one attached hydrogen (secondary N) is 1. The average molecular weight is 414 g/mol. The summed E-state index contributed by atoms with van der Waals surface area (Å²) < 4.78 is 16.3. The Kier molecular flexibility index (Phi) is 4.24. The second-order valence-electron chi connectivity index (χ2n) is 7.36. The molecule has 2 atom stereocenters. The first-order valence-corrected chi connectivity index (χ1v) is 9.79. The lowest BCUT2D eigenvalue weighted by molar-refractivity contribution is -0.144. The molecule has 7 nitrogen and oxygen atoms in total. The number of rotatable bonds is 3. The number of hydrogen-bond acceptors (Lipinski definition) is 4. The van der Waals surface area contributed by atoms with Crippen LogP contribution in [0.25, 0.3) is 33.5 Å². The van der Waals surface area contributed by atoms with Crippen molar-refractivity contribution in [3.63, 3.8) is 0 Å². The predicted molar refractivity (Wildman–Crippen MR) is 106 cm³/mol. The van der Waals surface area contributed by atoms with E-state index < -0.39 is 17.7 Å². The van der Waals surface area contributed by atoms with Crippen LogP contribution in [-0.2, 0) is 4.79 Å². The van der Waals surface area contributed by atoms with Crippen molar-refractivity contribution in [3.8, 4) is 11.4 Å². The second-order valence-corrected chi connectivity index (χ2v) is 7.80. The van der Waals surface area contributed by atoms with Gasteiger partial charge in [-0.1, -0.05) is 24.4 Å². The summed E-state index contributed by atoms with van der Waals surface area (Å²) in [6.07, 6.45) is 9.09. The van der Waals surface area contributed by atoms with Crippen LogP contribution in [0.1, 0.15) is 31.7 Å². The molecule has 0 unspecified atom stereocenters. The molecule has 1 fully saturated rings. The number of aromatic nitrogens is 5. The highest BCUT2D eigenvalue weighted by Gasteiger charge is 2.33. The molecule has 29 heavy (non-hydrogen) atoms. The summed E-state index contributed by atoms with van der Waals surface area (Å²) in [5.41, 5.74) is 1.74. The molecular formula is C20H17ClFN5O2. The summed E-state index contributed by atoms with van der Waals surface area (Å²) in [6, 6.07) is 1.43. The first-order valence-electron chi connectivity index (χ1n) is 9.42. The van der Waals surface area contributed by atoms with E-state index in [4.69, 9.17) is 11.6 Å². The molecule has 9 heteroatoms. The zero-order valence-electron chi connectivity index (χ0n) is 15.3. The van der Waals surface area contributed by atoms with Gasteiger partial charge < -0.3 is 14.7 Å². The van der Waals surface area contributed by atoms with E-state index in [-0.39, 0.29) is 11.4 Å². The third kappa shape index (κ3) is 2.95. The summed E-state index contributed by atoms with van der Waals surface area (Å²) in [5, 5.41) is 11.2. The quantitative estimate of drug-likeness (QED) is 0.512. The molecule has 5 rings (SSSR count). The Hall–Kier alpha value is -3.00.